The molecule has 0 aliphatic carbocycles. The van der Waals surface area contributed by atoms with Crippen LogP contribution in [0.4, 0.5) is 5.69 Å². The second-order valence-electron chi connectivity index (χ2n) is 5.86. The molecule has 0 spiro atoms. The highest BCUT2D eigenvalue weighted by Crippen LogP contribution is 2.08. The third-order valence-corrected chi connectivity index (χ3v) is 3.15. The first-order chi connectivity index (χ1) is 10.5. The molecule has 1 aromatic heterocycles. The van der Waals surface area contributed by atoms with Crippen molar-refractivity contribution in [2.75, 3.05) is 11.9 Å². The minimum absolute atomic E-state index is 0. The average Bonchev–Trinajstić information content (AvgIpc) is 2.46. The number of nitrogens with zero attached hydrogens (tertiary/aromatic N) is 2. The Morgan fingerprint density at radius 2 is 2.09 bits per heavy atom. The van der Waals surface area contributed by atoms with Crippen LogP contribution in [0.25, 0.3) is 0 Å². The van der Waals surface area contributed by atoms with Crippen LogP contribution in [0.3, 0.4) is 0 Å². The minimum atomic E-state index is -0.217. The average molecular weight is 433 g/mol. The van der Waals surface area contributed by atoms with Gasteiger partial charge in [-0.1, -0.05) is 26.7 Å². The van der Waals surface area contributed by atoms with E-state index in [0.29, 0.717) is 11.6 Å². The van der Waals surface area contributed by atoms with E-state index in [1.54, 1.807) is 24.5 Å². The lowest BCUT2D eigenvalue weighted by atomic mass is 10.0. The van der Waals surface area contributed by atoms with Crippen molar-refractivity contribution < 1.29 is 4.79 Å². The molecule has 0 aliphatic heterocycles. The monoisotopic (exact) mass is 433 g/mol. The number of amides is 1. The number of carbonyl (C=O) groups excluding carboxylic acids is 1. The van der Waals surface area contributed by atoms with Crippen LogP contribution in [-0.4, -0.2) is 29.4 Å². The fourth-order valence-corrected chi connectivity index (χ4v) is 2.00. The summed E-state index contributed by atoms with van der Waals surface area (Å²) in [6.07, 6.45) is 6.63. The minimum Gasteiger partial charge on any atom is -0.370 e. The number of carbonyl (C=O) groups is 1. The molecular formula is C16H28IN5O. The molecule has 0 fully saturated rings. The predicted octanol–water partition coefficient (Wildman–Crippen LogP) is 2.76. The number of nitrogens with two attached hydrogens (primary N) is 1. The van der Waals surface area contributed by atoms with E-state index in [-0.39, 0.29) is 42.5 Å². The number of pyridine rings is 1. The summed E-state index contributed by atoms with van der Waals surface area (Å²) in [5.74, 6) is 0.804. The van der Waals surface area contributed by atoms with Crippen molar-refractivity contribution in [1.82, 2.24) is 10.3 Å². The van der Waals surface area contributed by atoms with Crippen molar-refractivity contribution in [2.24, 2.45) is 16.6 Å². The van der Waals surface area contributed by atoms with Crippen LogP contribution in [0.15, 0.2) is 29.5 Å². The van der Waals surface area contributed by atoms with Crippen LogP contribution in [0.1, 0.15) is 40.0 Å². The van der Waals surface area contributed by atoms with E-state index < -0.39 is 0 Å². The van der Waals surface area contributed by atoms with Gasteiger partial charge in [0.1, 0.15) is 6.54 Å². The smallest absolute Gasteiger partial charge is 0.246 e. The second kappa shape index (κ2) is 12.1. The lowest BCUT2D eigenvalue weighted by Crippen LogP contribution is -2.39. The van der Waals surface area contributed by atoms with E-state index in [1.165, 1.54) is 6.42 Å². The first-order valence-corrected chi connectivity index (χ1v) is 7.73. The van der Waals surface area contributed by atoms with Crippen molar-refractivity contribution in [3.8, 4) is 0 Å². The maximum atomic E-state index is 11.7. The van der Waals surface area contributed by atoms with E-state index in [9.17, 15) is 4.79 Å². The molecule has 23 heavy (non-hydrogen) atoms. The SMILES string of the molecule is CC(C)CCCC(C)NC(N)=NCC(=O)Nc1cccnc1.I. The molecule has 1 atom stereocenters. The Balaban J connectivity index is 0.00000484. The maximum Gasteiger partial charge on any atom is 0.246 e. The molecule has 1 unspecified atom stereocenters. The molecule has 1 aromatic rings. The molecule has 6 nitrogen and oxygen atoms in total. The highest BCUT2D eigenvalue weighted by Gasteiger charge is 2.05. The third-order valence-electron chi connectivity index (χ3n) is 3.15. The lowest BCUT2D eigenvalue weighted by molar-refractivity contribution is -0.114. The molecule has 0 bridgehead atoms. The van der Waals surface area contributed by atoms with Crippen LogP contribution < -0.4 is 16.4 Å². The van der Waals surface area contributed by atoms with Crippen LogP contribution in [-0.2, 0) is 4.79 Å². The van der Waals surface area contributed by atoms with Gasteiger partial charge in [-0.2, -0.15) is 0 Å². The summed E-state index contributed by atoms with van der Waals surface area (Å²) in [5, 5.41) is 5.81. The molecule has 1 rings (SSSR count). The van der Waals surface area contributed by atoms with Gasteiger partial charge in [0.2, 0.25) is 5.91 Å². The number of anilines is 1. The quantitative estimate of drug-likeness (QED) is 0.334. The second-order valence-corrected chi connectivity index (χ2v) is 5.86. The Morgan fingerprint density at radius 3 is 2.70 bits per heavy atom. The highest BCUT2D eigenvalue weighted by atomic mass is 127. The zero-order chi connectivity index (χ0) is 16.4. The number of hydrogen-bond donors (Lipinski definition) is 3. The van der Waals surface area contributed by atoms with E-state index in [1.807, 2.05) is 0 Å². The summed E-state index contributed by atoms with van der Waals surface area (Å²) in [5.41, 5.74) is 6.44. The van der Waals surface area contributed by atoms with Crippen molar-refractivity contribution >= 4 is 41.5 Å². The predicted molar refractivity (Wildman–Crippen MR) is 106 cm³/mol. The number of hydrogen-bond acceptors (Lipinski definition) is 3. The Kier molecular flexibility index (Phi) is 11.4. The maximum absolute atomic E-state index is 11.7. The topological polar surface area (TPSA) is 92.4 Å². The molecule has 0 aliphatic rings. The molecule has 4 N–H and O–H groups in total. The summed E-state index contributed by atoms with van der Waals surface area (Å²) in [7, 11) is 0. The van der Waals surface area contributed by atoms with Crippen LogP contribution in [0, 0.1) is 5.92 Å². The van der Waals surface area contributed by atoms with Gasteiger partial charge in [0.15, 0.2) is 5.96 Å². The van der Waals surface area contributed by atoms with Gasteiger partial charge in [-0.15, -0.1) is 24.0 Å². The summed E-state index contributed by atoms with van der Waals surface area (Å²) in [4.78, 5) is 19.7. The number of nitrogens with one attached hydrogen (secondary N) is 2. The molecule has 0 radical (unpaired) electrons. The Morgan fingerprint density at radius 1 is 1.35 bits per heavy atom. The van der Waals surface area contributed by atoms with Crippen molar-refractivity contribution in [3.63, 3.8) is 0 Å². The third kappa shape index (κ3) is 10.9. The van der Waals surface area contributed by atoms with Gasteiger partial charge < -0.3 is 16.4 Å². The van der Waals surface area contributed by atoms with Crippen LogP contribution in [0.5, 0.6) is 0 Å². The van der Waals surface area contributed by atoms with Gasteiger partial charge in [0, 0.05) is 12.2 Å². The summed E-state index contributed by atoms with van der Waals surface area (Å²) < 4.78 is 0. The molecule has 0 saturated carbocycles. The zero-order valence-electron chi connectivity index (χ0n) is 14.1. The number of aromatic nitrogens is 1. The van der Waals surface area contributed by atoms with Gasteiger partial charge in [-0.3, -0.25) is 9.78 Å². The normalized spacial score (nSPS) is 12.4. The van der Waals surface area contributed by atoms with Crippen LogP contribution in [0.2, 0.25) is 0 Å². The van der Waals surface area contributed by atoms with Crippen molar-refractivity contribution in [3.05, 3.63) is 24.5 Å². The van der Waals surface area contributed by atoms with Crippen molar-refractivity contribution in [1.29, 1.82) is 0 Å². The molecule has 7 heteroatoms. The number of halogens is 1. The molecular weight excluding hydrogens is 405 g/mol. The van der Waals surface area contributed by atoms with Gasteiger partial charge in [-0.25, -0.2) is 4.99 Å². The molecule has 0 saturated heterocycles. The Hall–Kier alpha value is -1.38. The first-order valence-electron chi connectivity index (χ1n) is 7.73. The largest absolute Gasteiger partial charge is 0.370 e. The number of rotatable bonds is 8. The van der Waals surface area contributed by atoms with Crippen LogP contribution >= 0.6 is 24.0 Å². The van der Waals surface area contributed by atoms with Gasteiger partial charge in [-0.05, 0) is 31.4 Å². The molecule has 1 heterocycles. The summed E-state index contributed by atoms with van der Waals surface area (Å²) in [6, 6.07) is 3.78. The van der Waals surface area contributed by atoms with E-state index in [0.717, 1.165) is 18.8 Å². The lowest BCUT2D eigenvalue weighted by Gasteiger charge is -2.15. The standard InChI is InChI=1S/C16H27N5O.HI/c1-12(2)6-4-7-13(3)20-16(17)19-11-15(22)21-14-8-5-9-18-10-14;/h5,8-10,12-13H,4,6-7,11H2,1-3H3,(H,21,22)(H3,17,19,20);1H. The summed E-state index contributed by atoms with van der Waals surface area (Å²) >= 11 is 0. The Labute approximate surface area is 155 Å². The van der Waals surface area contributed by atoms with E-state index >= 15 is 0 Å². The number of guanidine groups is 1. The number of aliphatic imine (C=N–C) groups is 1. The molecule has 130 valence electrons. The Bertz CT molecular complexity index is 479. The van der Waals surface area contributed by atoms with Gasteiger partial charge in [0.05, 0.1) is 11.9 Å². The fraction of sp³-hybridized carbons (Fsp3) is 0.562. The van der Waals surface area contributed by atoms with Gasteiger partial charge in [0.25, 0.3) is 0 Å². The van der Waals surface area contributed by atoms with E-state index in [2.05, 4.69) is 41.4 Å². The highest BCUT2D eigenvalue weighted by molar-refractivity contribution is 14.0. The van der Waals surface area contributed by atoms with Crippen molar-refractivity contribution in [2.45, 2.75) is 46.1 Å². The first kappa shape index (κ1) is 21.6. The molecule has 0 aromatic carbocycles. The van der Waals surface area contributed by atoms with Gasteiger partial charge >= 0.3 is 0 Å². The molecule has 1 amide bonds. The van der Waals surface area contributed by atoms with E-state index in [4.69, 9.17) is 5.73 Å². The summed E-state index contributed by atoms with van der Waals surface area (Å²) in [6.45, 7) is 6.49. The fourth-order valence-electron chi connectivity index (χ4n) is 2.00. The zero-order valence-corrected chi connectivity index (χ0v) is 16.4.